The van der Waals surface area contributed by atoms with Crippen molar-refractivity contribution in [3.63, 3.8) is 0 Å². The Hall–Kier alpha value is -10.1. The number of ketones is 4. The van der Waals surface area contributed by atoms with E-state index in [9.17, 15) is 49.9 Å². The van der Waals surface area contributed by atoms with Gasteiger partial charge in [0, 0.05) is 146 Å². The number of likely N-dealkylation sites (tertiary alicyclic amines) is 4. The van der Waals surface area contributed by atoms with E-state index in [-0.39, 0.29) is 91.4 Å². The van der Waals surface area contributed by atoms with Gasteiger partial charge in [-0.3, -0.25) is 38.8 Å². The molecule has 127 heavy (non-hydrogen) atoms. The summed E-state index contributed by atoms with van der Waals surface area (Å²) in [5, 5.41) is 9.06. The Kier molecular flexibility index (Phi) is 30.0. The van der Waals surface area contributed by atoms with Crippen LogP contribution in [0, 0.1) is 58.3 Å². The summed E-state index contributed by atoms with van der Waals surface area (Å²) in [5.74, 6) is -0.907. The van der Waals surface area contributed by atoms with Gasteiger partial charge in [-0.1, -0.05) is 46.3 Å². The summed E-state index contributed by atoms with van der Waals surface area (Å²) in [6.07, 6.45) is 0.859. The zero-order valence-corrected chi connectivity index (χ0v) is 74.0. The van der Waals surface area contributed by atoms with Crippen LogP contribution in [0.4, 0.5) is 48.3 Å². The topological polar surface area (TPSA) is 179 Å². The number of fused-ring (bicyclic) bond motifs is 4. The van der Waals surface area contributed by atoms with Crippen molar-refractivity contribution in [2.45, 2.75) is 158 Å². The molecular weight excluding hydrogens is 1730 g/mol. The molecule has 16 rings (SSSR count). The molecule has 0 aromatic heterocycles. The van der Waals surface area contributed by atoms with E-state index in [0.29, 0.717) is 226 Å². The molecule has 0 spiro atoms. The van der Waals surface area contributed by atoms with Crippen molar-refractivity contribution in [1.29, 1.82) is 5.26 Å². The quantitative estimate of drug-likeness (QED) is 0.0411. The van der Waals surface area contributed by atoms with Crippen molar-refractivity contribution in [3.8, 4) is 52.1 Å². The number of benzene rings is 8. The fourth-order valence-corrected chi connectivity index (χ4v) is 19.5. The number of rotatable bonds is 24. The SMILES string of the molecule is COc1cc2c(cc1OC)C(=O)C(CC1(F)CCN(Cc3cc(F)c(F)cc3F)CC1)C2.COc1cc2c(cc1OC)C(=O)C(CC1(F)CCN(Cc3ccc(Br)cc3F)CC1)C2.COc1cc2c(cc1OC)C(=O)C(CC1(F)CCN(Cc3ccc(C(F)(F)F)cc3)CC1)C2.COc1cc2c(cc1OC)C(=O)C(CC1(F)CCN(Cc3cccc(C#N)c3)CC1)C2. The third-order valence-corrected chi connectivity index (χ3v) is 26.8. The van der Waals surface area contributed by atoms with Crippen LogP contribution in [-0.2, 0) is 58.0 Å². The van der Waals surface area contributed by atoms with Gasteiger partial charge in [0.1, 0.15) is 34.3 Å². The fraction of sp³-hybridized carbons (Fsp3) is 0.459. The fourth-order valence-electron chi connectivity index (χ4n) is 19.2. The second kappa shape index (κ2) is 40.3. The molecule has 0 amide bonds. The molecule has 0 radical (unpaired) electrons. The average molecular weight is 1830 g/mol. The van der Waals surface area contributed by atoms with Crippen molar-refractivity contribution in [1.82, 2.24) is 19.6 Å². The van der Waals surface area contributed by atoms with Crippen LogP contribution in [0.2, 0.25) is 0 Å². The predicted octanol–water partition coefficient (Wildman–Crippen LogP) is 20.0. The zero-order valence-electron chi connectivity index (χ0n) is 72.4. The lowest BCUT2D eigenvalue weighted by Gasteiger charge is -2.37. The van der Waals surface area contributed by atoms with Crippen LogP contribution < -0.4 is 37.9 Å². The van der Waals surface area contributed by atoms with Crippen molar-refractivity contribution < 1.29 is 105 Å². The average Bonchev–Trinajstić information content (AvgIpc) is 1.65. The first kappa shape index (κ1) is 94.5. The Morgan fingerprint density at radius 1 is 0.362 bits per heavy atom. The molecule has 4 aliphatic heterocycles. The minimum Gasteiger partial charge on any atom is -0.493 e. The Balaban J connectivity index is 0.000000145. The summed E-state index contributed by atoms with van der Waals surface area (Å²) in [6.45, 7) is 5.75. The minimum atomic E-state index is -4.36. The molecule has 8 aliphatic rings. The van der Waals surface area contributed by atoms with Crippen molar-refractivity contribution >= 4 is 39.1 Å². The van der Waals surface area contributed by atoms with Gasteiger partial charge in [-0.2, -0.15) is 18.4 Å². The van der Waals surface area contributed by atoms with E-state index < -0.39 is 63.7 Å². The van der Waals surface area contributed by atoms with Crippen molar-refractivity contribution in [3.05, 3.63) is 233 Å². The molecule has 4 aliphatic carbocycles. The van der Waals surface area contributed by atoms with Crippen molar-refractivity contribution in [2.24, 2.45) is 23.7 Å². The van der Waals surface area contributed by atoms with Gasteiger partial charge in [0.2, 0.25) is 0 Å². The summed E-state index contributed by atoms with van der Waals surface area (Å²) < 4.78 is 199. The molecule has 8 aromatic rings. The molecule has 4 fully saturated rings. The molecule has 0 bridgehead atoms. The minimum absolute atomic E-state index is 0.00345. The molecule has 0 N–H and O–H groups in total. The third-order valence-electron chi connectivity index (χ3n) is 26.3. The molecule has 8 aromatic carbocycles. The number of piperidine rings is 4. The van der Waals surface area contributed by atoms with E-state index in [1.54, 1.807) is 69.9 Å². The van der Waals surface area contributed by atoms with Gasteiger partial charge in [0.25, 0.3) is 0 Å². The number of Topliss-reactive ketones (excluding diaryl/α,β-unsaturated/α-hetero) is 4. The highest BCUT2D eigenvalue weighted by molar-refractivity contribution is 9.10. The smallest absolute Gasteiger partial charge is 0.416 e. The summed E-state index contributed by atoms with van der Waals surface area (Å²) in [7, 11) is 12.3. The highest BCUT2D eigenvalue weighted by Crippen LogP contribution is 2.48. The molecular formula is C98H105BrF11N5O12. The first-order valence-electron chi connectivity index (χ1n) is 42.6. The highest BCUT2D eigenvalue weighted by atomic mass is 79.9. The Bertz CT molecular complexity index is 5370. The standard InChI is InChI=1S/C25H27F4NO3.C25H27FN2O3.C24H26BrF2NO3.C24H25F4NO3/c1-32-21-12-17-11-18(23(31)20(17)13-22(21)33-2)14-24(26)7-9-30(10-8-24)15-16-3-5-19(6-4-16)25(27,28)29;1-30-22-12-19-11-20(24(29)21(19)13-23(22)31-2)14-25(26)6-8-28(9-7-25)16-18-5-3-4-17(10-18)15-27;1-30-21-10-16-9-17(23(29)19(16)12-22(21)31-2)13-24(27)5-7-28(8-6-24)14-15-3-4-18(25)11-20(15)26;1-31-21-9-14-7-15(23(30)17(14)10-22(21)32-2)12-24(28)3-5-29(6-4-24)13-16-8-19(26)20(27)11-18(16)25/h3-6,12-13,18H,7-11,14-15H2,1-2H3;3-5,10,12-13,20H,6-9,11,14,16H2,1-2H3;3-4,10-12,17H,5-9,13-14H2,1-2H3;8-11,15H,3-7,12-13H2,1-2H3. The number of hydrogen-bond donors (Lipinski definition) is 0. The summed E-state index contributed by atoms with van der Waals surface area (Å²) >= 11 is 3.26. The van der Waals surface area contributed by atoms with Gasteiger partial charge < -0.3 is 37.9 Å². The molecule has 0 saturated carbocycles. The first-order valence-corrected chi connectivity index (χ1v) is 43.4. The number of hydrogen-bond acceptors (Lipinski definition) is 17. The maximum atomic E-state index is 15.7. The summed E-state index contributed by atoms with van der Waals surface area (Å²) in [5.41, 5.74) is 2.60. The Morgan fingerprint density at radius 2 is 0.661 bits per heavy atom. The molecule has 4 unspecified atom stereocenters. The van der Waals surface area contributed by atoms with Crippen LogP contribution in [0.3, 0.4) is 0 Å². The number of carbonyl (C=O) groups is 4. The summed E-state index contributed by atoms with van der Waals surface area (Å²) in [6, 6.07) is 35.2. The van der Waals surface area contributed by atoms with Crippen LogP contribution in [-0.4, -0.2) is 175 Å². The number of carbonyl (C=O) groups excluding carboxylic acids is 4. The largest absolute Gasteiger partial charge is 0.493 e. The van der Waals surface area contributed by atoms with E-state index in [2.05, 4.69) is 31.8 Å². The second-order valence-electron chi connectivity index (χ2n) is 34.6. The summed E-state index contributed by atoms with van der Waals surface area (Å²) in [4.78, 5) is 59.9. The normalized spacial score (nSPS) is 20.4. The molecule has 29 heteroatoms. The first-order chi connectivity index (χ1) is 60.6. The number of alkyl halides is 7. The predicted molar refractivity (Wildman–Crippen MR) is 459 cm³/mol. The van der Waals surface area contributed by atoms with Gasteiger partial charge in [-0.15, -0.1) is 0 Å². The van der Waals surface area contributed by atoms with Gasteiger partial charge in [0.05, 0.1) is 74.1 Å². The molecule has 678 valence electrons. The van der Waals surface area contributed by atoms with Gasteiger partial charge in [-0.05, 0) is 227 Å². The second-order valence-corrected chi connectivity index (χ2v) is 35.6. The van der Waals surface area contributed by atoms with Gasteiger partial charge >= 0.3 is 6.18 Å². The molecule has 17 nitrogen and oxygen atoms in total. The van der Waals surface area contributed by atoms with Crippen LogP contribution in [0.5, 0.6) is 46.0 Å². The highest BCUT2D eigenvalue weighted by Gasteiger charge is 2.48. The number of halogens is 12. The van der Waals surface area contributed by atoms with E-state index in [1.165, 1.54) is 53.7 Å². The number of ether oxygens (including phenoxy) is 8. The van der Waals surface area contributed by atoms with Gasteiger partial charge in [0.15, 0.2) is 80.8 Å². The third kappa shape index (κ3) is 22.4. The van der Waals surface area contributed by atoms with E-state index in [0.717, 1.165) is 51.6 Å². The van der Waals surface area contributed by atoms with Crippen LogP contribution in [0.1, 0.15) is 174 Å². The van der Waals surface area contributed by atoms with E-state index in [1.807, 2.05) is 46.2 Å². The number of nitriles is 1. The lowest BCUT2D eigenvalue weighted by molar-refractivity contribution is -0.137. The lowest BCUT2D eigenvalue weighted by atomic mass is 9.82. The zero-order chi connectivity index (χ0) is 91.0. The Labute approximate surface area is 741 Å². The molecule has 4 atom stereocenters. The molecule has 4 saturated heterocycles. The maximum Gasteiger partial charge on any atom is 0.416 e. The Morgan fingerprint density at radius 3 is 0.976 bits per heavy atom. The molecule has 4 heterocycles. The number of methoxy groups -OCH3 is 8. The lowest BCUT2D eigenvalue weighted by Crippen LogP contribution is -2.43. The number of nitrogens with zero attached hydrogens (tertiary/aromatic N) is 5. The monoisotopic (exact) mass is 1830 g/mol. The van der Waals surface area contributed by atoms with Crippen LogP contribution in [0.15, 0.2) is 132 Å². The van der Waals surface area contributed by atoms with Gasteiger partial charge in [-0.25, -0.2) is 35.1 Å². The van der Waals surface area contributed by atoms with E-state index in [4.69, 9.17) is 43.2 Å². The van der Waals surface area contributed by atoms with Crippen molar-refractivity contribution in [2.75, 3.05) is 109 Å². The van der Waals surface area contributed by atoms with E-state index >= 15 is 17.6 Å². The van der Waals surface area contributed by atoms with Crippen LogP contribution >= 0.6 is 15.9 Å². The maximum absolute atomic E-state index is 15.7. The van der Waals surface area contributed by atoms with Crippen LogP contribution in [0.25, 0.3) is 0 Å².